The second-order valence-electron chi connectivity index (χ2n) is 2.39. The van der Waals surface area contributed by atoms with Gasteiger partial charge >= 0.3 is 0 Å². The molecule has 1 heterocycles. The topological polar surface area (TPSA) is 42.9 Å². The molecule has 0 amide bonds. The van der Waals surface area contributed by atoms with Gasteiger partial charge in [0.2, 0.25) is 8.46 Å². The molecule has 0 saturated carbocycles. The van der Waals surface area contributed by atoms with Gasteiger partial charge in [-0.3, -0.25) is 9.55 Å². The van der Waals surface area contributed by atoms with E-state index in [1.165, 1.54) is 0 Å². The van der Waals surface area contributed by atoms with Crippen molar-refractivity contribution in [3.8, 4) is 0 Å². The molecular formula is C7H9N2OP. The smallest absolute Gasteiger partial charge is 0.214 e. The Morgan fingerprint density at radius 3 is 2.09 bits per heavy atom. The van der Waals surface area contributed by atoms with E-state index >= 15 is 0 Å². The van der Waals surface area contributed by atoms with Gasteiger partial charge in [-0.05, 0) is 20.8 Å². The van der Waals surface area contributed by atoms with E-state index in [9.17, 15) is 4.57 Å². The fourth-order valence-corrected chi connectivity index (χ4v) is 1.16. The quantitative estimate of drug-likeness (QED) is 0.594. The number of rotatable bonds is 1. The Morgan fingerprint density at radius 2 is 1.55 bits per heavy atom. The molecule has 0 aliphatic rings. The Labute approximate surface area is 67.1 Å². The standard InChI is InChI=1S/C7H9N2OP/c1-4-5(2)9-7(11-10)6(3)8-4/h1-3H3. The van der Waals surface area contributed by atoms with Gasteiger partial charge in [0.15, 0.2) is 5.44 Å². The van der Waals surface area contributed by atoms with Crippen molar-refractivity contribution < 1.29 is 4.57 Å². The van der Waals surface area contributed by atoms with Gasteiger partial charge in [-0.15, -0.1) is 0 Å². The van der Waals surface area contributed by atoms with Crippen LogP contribution in [-0.2, 0) is 4.57 Å². The normalized spacial score (nSPS) is 10.5. The number of hydrogen-bond donors (Lipinski definition) is 0. The average molecular weight is 168 g/mol. The van der Waals surface area contributed by atoms with Crippen LogP contribution in [0.3, 0.4) is 0 Å². The van der Waals surface area contributed by atoms with E-state index in [1.54, 1.807) is 6.92 Å². The van der Waals surface area contributed by atoms with Crippen LogP contribution in [0.25, 0.3) is 0 Å². The Morgan fingerprint density at radius 1 is 1.00 bits per heavy atom. The molecule has 1 aromatic heterocycles. The van der Waals surface area contributed by atoms with Crippen molar-refractivity contribution in [2.24, 2.45) is 0 Å². The number of nitrogens with zero attached hydrogens (tertiary/aromatic N) is 2. The highest BCUT2D eigenvalue weighted by atomic mass is 31.1. The fourth-order valence-electron chi connectivity index (χ4n) is 0.790. The molecule has 0 atom stereocenters. The van der Waals surface area contributed by atoms with Crippen LogP contribution >= 0.6 is 8.46 Å². The summed E-state index contributed by atoms with van der Waals surface area (Å²) in [5.74, 6) is 0. The van der Waals surface area contributed by atoms with E-state index in [-0.39, 0.29) is 8.46 Å². The maximum Gasteiger partial charge on any atom is 0.214 e. The molecule has 1 aromatic rings. The molecule has 4 heteroatoms. The summed E-state index contributed by atoms with van der Waals surface area (Å²) < 4.78 is 10.5. The third-order valence-corrected chi connectivity index (χ3v) is 2.14. The summed E-state index contributed by atoms with van der Waals surface area (Å²) in [6.07, 6.45) is 0. The van der Waals surface area contributed by atoms with Crippen LogP contribution in [0.1, 0.15) is 17.1 Å². The first-order chi connectivity index (χ1) is 5.15. The summed E-state index contributed by atoms with van der Waals surface area (Å²) in [5, 5.41) is 0. The second-order valence-corrected chi connectivity index (χ2v) is 3.00. The molecule has 0 radical (unpaired) electrons. The van der Waals surface area contributed by atoms with Gasteiger partial charge in [-0.1, -0.05) is 0 Å². The molecule has 0 spiro atoms. The molecule has 0 aliphatic heterocycles. The van der Waals surface area contributed by atoms with Crippen LogP contribution in [0.2, 0.25) is 0 Å². The zero-order chi connectivity index (χ0) is 8.43. The van der Waals surface area contributed by atoms with Crippen LogP contribution in [0.15, 0.2) is 0 Å². The van der Waals surface area contributed by atoms with E-state index in [1.807, 2.05) is 13.8 Å². The minimum Gasteiger partial charge on any atom is -0.268 e. The summed E-state index contributed by atoms with van der Waals surface area (Å²) >= 11 is 0. The zero-order valence-corrected chi connectivity index (χ0v) is 7.64. The average Bonchev–Trinajstić information content (AvgIpc) is 1.97. The molecule has 0 aliphatic carbocycles. The molecule has 0 N–H and O–H groups in total. The minimum atomic E-state index is -0.0537. The molecule has 0 fully saturated rings. The van der Waals surface area contributed by atoms with Crippen molar-refractivity contribution in [1.82, 2.24) is 9.97 Å². The van der Waals surface area contributed by atoms with Gasteiger partial charge in [0.25, 0.3) is 0 Å². The highest BCUT2D eigenvalue weighted by molar-refractivity contribution is 7.33. The predicted molar refractivity (Wildman–Crippen MR) is 43.5 cm³/mol. The van der Waals surface area contributed by atoms with Gasteiger partial charge in [0.1, 0.15) is 0 Å². The highest BCUT2D eigenvalue weighted by Crippen LogP contribution is 2.02. The molecule has 58 valence electrons. The first kappa shape index (κ1) is 8.28. The van der Waals surface area contributed by atoms with Gasteiger partial charge in [-0.25, -0.2) is 4.98 Å². The summed E-state index contributed by atoms with van der Waals surface area (Å²) in [6, 6.07) is 0. The molecule has 3 nitrogen and oxygen atoms in total. The van der Waals surface area contributed by atoms with Crippen molar-refractivity contribution in [3.05, 3.63) is 17.1 Å². The lowest BCUT2D eigenvalue weighted by atomic mass is 10.3. The third-order valence-electron chi connectivity index (χ3n) is 1.54. The van der Waals surface area contributed by atoms with E-state index < -0.39 is 0 Å². The highest BCUT2D eigenvalue weighted by Gasteiger charge is 2.03. The van der Waals surface area contributed by atoms with Crippen molar-refractivity contribution in [3.63, 3.8) is 0 Å². The molecule has 0 saturated heterocycles. The zero-order valence-electron chi connectivity index (χ0n) is 6.75. The molecular weight excluding hydrogens is 159 g/mol. The Bertz CT molecular complexity index is 299. The van der Waals surface area contributed by atoms with Crippen molar-refractivity contribution in [2.45, 2.75) is 20.8 Å². The minimum absolute atomic E-state index is 0.0537. The molecule has 11 heavy (non-hydrogen) atoms. The fraction of sp³-hybridized carbons (Fsp3) is 0.429. The van der Waals surface area contributed by atoms with Crippen molar-refractivity contribution >= 4 is 13.9 Å². The largest absolute Gasteiger partial charge is 0.268 e. The monoisotopic (exact) mass is 168 g/mol. The van der Waals surface area contributed by atoms with Crippen molar-refractivity contribution in [1.29, 1.82) is 0 Å². The summed E-state index contributed by atoms with van der Waals surface area (Å²) in [5.41, 5.74) is 3.02. The van der Waals surface area contributed by atoms with Crippen LogP contribution in [0, 0.1) is 20.8 Å². The van der Waals surface area contributed by atoms with Gasteiger partial charge in [0.05, 0.1) is 17.1 Å². The molecule has 1 rings (SSSR count). The van der Waals surface area contributed by atoms with Crippen LogP contribution in [0.5, 0.6) is 0 Å². The van der Waals surface area contributed by atoms with Gasteiger partial charge in [-0.2, -0.15) is 0 Å². The maximum atomic E-state index is 10.5. The molecule has 0 bridgehead atoms. The van der Waals surface area contributed by atoms with E-state index in [0.29, 0.717) is 5.44 Å². The van der Waals surface area contributed by atoms with Gasteiger partial charge < -0.3 is 0 Å². The summed E-state index contributed by atoms with van der Waals surface area (Å²) in [6.45, 7) is 5.55. The molecule has 0 aromatic carbocycles. The number of aryl methyl sites for hydroxylation is 3. The van der Waals surface area contributed by atoms with Gasteiger partial charge in [0, 0.05) is 0 Å². The molecule has 0 unspecified atom stereocenters. The lowest BCUT2D eigenvalue weighted by Gasteiger charge is -2.00. The first-order valence-corrected chi connectivity index (χ1v) is 4.11. The number of aromatic nitrogens is 2. The van der Waals surface area contributed by atoms with E-state index in [4.69, 9.17) is 0 Å². The summed E-state index contributed by atoms with van der Waals surface area (Å²) in [7, 11) is -0.0537. The SMILES string of the molecule is Cc1nc(C)c(P=O)nc1C. The maximum absolute atomic E-state index is 10.5. The Kier molecular flexibility index (Phi) is 2.30. The second kappa shape index (κ2) is 3.05. The lowest BCUT2D eigenvalue weighted by molar-refractivity contribution is 0.602. The van der Waals surface area contributed by atoms with Crippen LogP contribution in [0.4, 0.5) is 0 Å². The third kappa shape index (κ3) is 1.60. The number of hydrogen-bond acceptors (Lipinski definition) is 3. The Balaban J connectivity index is 3.31. The Hall–Kier alpha value is -0.820. The van der Waals surface area contributed by atoms with Crippen LogP contribution < -0.4 is 5.44 Å². The first-order valence-electron chi connectivity index (χ1n) is 3.30. The van der Waals surface area contributed by atoms with E-state index in [2.05, 4.69) is 9.97 Å². The predicted octanol–water partition coefficient (Wildman–Crippen LogP) is 1.32. The summed E-state index contributed by atoms with van der Waals surface area (Å²) in [4.78, 5) is 8.28. The van der Waals surface area contributed by atoms with Crippen LogP contribution in [-0.4, -0.2) is 9.97 Å². The van der Waals surface area contributed by atoms with Crippen molar-refractivity contribution in [2.75, 3.05) is 0 Å². The lowest BCUT2D eigenvalue weighted by Crippen LogP contribution is -2.10. The van der Waals surface area contributed by atoms with E-state index in [0.717, 1.165) is 17.1 Å².